The van der Waals surface area contributed by atoms with Crippen LogP contribution >= 0.6 is 22.6 Å². The van der Waals surface area contributed by atoms with Gasteiger partial charge in [-0.2, -0.15) is 0 Å². The molecule has 64 valence electrons. The van der Waals surface area contributed by atoms with Crippen molar-refractivity contribution in [3.05, 3.63) is 46.6 Å². The Labute approximate surface area is 90.2 Å². The van der Waals surface area contributed by atoms with Crippen LogP contribution in [0.2, 0.25) is 0 Å². The van der Waals surface area contributed by atoms with E-state index in [4.69, 9.17) is 0 Å². The second kappa shape index (κ2) is 3.83. The fourth-order valence-corrected chi connectivity index (χ4v) is 1.45. The third kappa shape index (κ3) is 2.03. The van der Waals surface area contributed by atoms with Crippen molar-refractivity contribution in [3.63, 3.8) is 0 Å². The number of rotatable bonds is 1. The molecular formula is C10H7IN2. The molecule has 13 heavy (non-hydrogen) atoms. The Kier molecular flexibility index (Phi) is 2.54. The van der Waals surface area contributed by atoms with Crippen LogP contribution in [0.1, 0.15) is 0 Å². The molecule has 2 aromatic rings. The van der Waals surface area contributed by atoms with E-state index in [0.717, 1.165) is 11.1 Å². The van der Waals surface area contributed by atoms with Crippen LogP contribution in [-0.4, -0.2) is 9.97 Å². The van der Waals surface area contributed by atoms with Gasteiger partial charge in [0.15, 0.2) is 0 Å². The van der Waals surface area contributed by atoms with Gasteiger partial charge in [-0.1, -0.05) is 12.1 Å². The third-order valence-corrected chi connectivity index (χ3v) is 2.46. The monoisotopic (exact) mass is 282 g/mol. The van der Waals surface area contributed by atoms with Crippen LogP contribution < -0.4 is 0 Å². The van der Waals surface area contributed by atoms with Crippen LogP contribution in [0.3, 0.4) is 0 Å². The first-order valence-electron chi connectivity index (χ1n) is 3.87. The fourth-order valence-electron chi connectivity index (χ4n) is 1.09. The molecule has 0 aliphatic heterocycles. The van der Waals surface area contributed by atoms with Crippen molar-refractivity contribution >= 4 is 22.6 Å². The zero-order valence-corrected chi connectivity index (χ0v) is 8.97. The molecule has 0 saturated carbocycles. The average molecular weight is 282 g/mol. The van der Waals surface area contributed by atoms with Gasteiger partial charge >= 0.3 is 0 Å². The van der Waals surface area contributed by atoms with Gasteiger partial charge in [-0.15, -0.1) is 0 Å². The van der Waals surface area contributed by atoms with Crippen LogP contribution in [0.15, 0.2) is 43.0 Å². The highest BCUT2D eigenvalue weighted by Gasteiger charge is 1.95. The van der Waals surface area contributed by atoms with Crippen LogP contribution in [0.4, 0.5) is 0 Å². The number of benzene rings is 1. The van der Waals surface area contributed by atoms with E-state index in [1.54, 1.807) is 0 Å². The molecule has 2 nitrogen and oxygen atoms in total. The molecule has 0 amide bonds. The Morgan fingerprint density at radius 3 is 2.08 bits per heavy atom. The fraction of sp³-hybridized carbons (Fsp3) is 0. The average Bonchev–Trinajstić information content (AvgIpc) is 2.20. The minimum Gasteiger partial charge on any atom is -0.244 e. The van der Waals surface area contributed by atoms with Crippen molar-refractivity contribution in [1.29, 1.82) is 0 Å². The van der Waals surface area contributed by atoms with Crippen LogP contribution in [0.25, 0.3) is 11.1 Å². The Morgan fingerprint density at radius 1 is 0.846 bits per heavy atom. The molecule has 1 aromatic heterocycles. The molecule has 0 unspecified atom stereocenters. The highest BCUT2D eigenvalue weighted by Crippen LogP contribution is 2.17. The normalized spacial score (nSPS) is 9.92. The minimum atomic E-state index is 1.05. The maximum Gasteiger partial charge on any atom is 0.115 e. The van der Waals surface area contributed by atoms with Crippen molar-refractivity contribution < 1.29 is 0 Å². The number of nitrogens with zero attached hydrogens (tertiary/aromatic N) is 2. The van der Waals surface area contributed by atoms with E-state index in [9.17, 15) is 0 Å². The summed E-state index contributed by atoms with van der Waals surface area (Å²) in [6.45, 7) is 0. The number of hydrogen-bond acceptors (Lipinski definition) is 2. The van der Waals surface area contributed by atoms with Crippen LogP contribution in [-0.2, 0) is 0 Å². The summed E-state index contributed by atoms with van der Waals surface area (Å²) in [4.78, 5) is 7.94. The number of hydrogen-bond donors (Lipinski definition) is 0. The standard InChI is InChI=1S/C10H7IN2/c11-10-3-1-8(2-4-10)9-5-12-7-13-6-9/h1-7H. The third-order valence-electron chi connectivity index (χ3n) is 1.74. The molecule has 0 spiro atoms. The van der Waals surface area contributed by atoms with Gasteiger partial charge in [-0.25, -0.2) is 9.97 Å². The molecule has 3 heteroatoms. The summed E-state index contributed by atoms with van der Waals surface area (Å²) in [5.41, 5.74) is 2.21. The molecule has 0 atom stereocenters. The lowest BCUT2D eigenvalue weighted by Gasteiger charge is -1.98. The summed E-state index contributed by atoms with van der Waals surface area (Å²) < 4.78 is 1.23. The highest BCUT2D eigenvalue weighted by atomic mass is 127. The van der Waals surface area contributed by atoms with Crippen molar-refractivity contribution in [1.82, 2.24) is 9.97 Å². The van der Waals surface area contributed by atoms with Gasteiger partial charge < -0.3 is 0 Å². The lowest BCUT2D eigenvalue weighted by atomic mass is 10.1. The summed E-state index contributed by atoms with van der Waals surface area (Å²) in [5, 5.41) is 0. The molecular weight excluding hydrogens is 275 g/mol. The summed E-state index contributed by atoms with van der Waals surface area (Å²) >= 11 is 2.28. The Balaban J connectivity index is 2.42. The lowest BCUT2D eigenvalue weighted by molar-refractivity contribution is 1.17. The predicted molar refractivity (Wildman–Crippen MR) is 60.2 cm³/mol. The number of halogens is 1. The molecule has 0 aliphatic carbocycles. The summed E-state index contributed by atoms with van der Waals surface area (Å²) in [5.74, 6) is 0. The summed E-state index contributed by atoms with van der Waals surface area (Å²) in [6, 6.07) is 8.28. The maximum absolute atomic E-state index is 3.97. The maximum atomic E-state index is 3.97. The molecule has 1 heterocycles. The second-order valence-electron chi connectivity index (χ2n) is 2.63. The molecule has 0 aliphatic rings. The van der Waals surface area contributed by atoms with E-state index in [1.807, 2.05) is 12.4 Å². The molecule has 1 aromatic carbocycles. The molecule has 0 bridgehead atoms. The molecule has 0 radical (unpaired) electrons. The first kappa shape index (κ1) is 8.62. The number of aromatic nitrogens is 2. The lowest BCUT2D eigenvalue weighted by Crippen LogP contribution is -1.81. The van der Waals surface area contributed by atoms with E-state index < -0.39 is 0 Å². The Bertz CT molecular complexity index is 383. The molecule has 2 rings (SSSR count). The van der Waals surface area contributed by atoms with Crippen molar-refractivity contribution in [2.24, 2.45) is 0 Å². The molecule has 0 N–H and O–H groups in total. The zero-order valence-electron chi connectivity index (χ0n) is 6.81. The van der Waals surface area contributed by atoms with E-state index in [0.29, 0.717) is 0 Å². The second-order valence-corrected chi connectivity index (χ2v) is 3.88. The van der Waals surface area contributed by atoms with Gasteiger partial charge in [0.05, 0.1) is 0 Å². The largest absolute Gasteiger partial charge is 0.244 e. The smallest absolute Gasteiger partial charge is 0.115 e. The Morgan fingerprint density at radius 2 is 1.46 bits per heavy atom. The van der Waals surface area contributed by atoms with Gasteiger partial charge in [-0.05, 0) is 40.3 Å². The first-order chi connectivity index (χ1) is 6.36. The van der Waals surface area contributed by atoms with Gasteiger partial charge in [0.1, 0.15) is 6.33 Å². The highest BCUT2D eigenvalue weighted by molar-refractivity contribution is 14.1. The van der Waals surface area contributed by atoms with Crippen LogP contribution in [0.5, 0.6) is 0 Å². The quantitative estimate of drug-likeness (QED) is 0.752. The zero-order chi connectivity index (χ0) is 9.10. The first-order valence-corrected chi connectivity index (χ1v) is 4.95. The predicted octanol–water partition coefficient (Wildman–Crippen LogP) is 2.75. The van der Waals surface area contributed by atoms with E-state index >= 15 is 0 Å². The Hall–Kier alpha value is -0.970. The van der Waals surface area contributed by atoms with E-state index in [1.165, 1.54) is 9.90 Å². The van der Waals surface area contributed by atoms with Crippen LogP contribution in [0, 0.1) is 3.57 Å². The van der Waals surface area contributed by atoms with Crippen molar-refractivity contribution in [3.8, 4) is 11.1 Å². The van der Waals surface area contributed by atoms with E-state index in [-0.39, 0.29) is 0 Å². The summed E-state index contributed by atoms with van der Waals surface area (Å²) in [6.07, 6.45) is 5.17. The van der Waals surface area contributed by atoms with Gasteiger partial charge in [0.2, 0.25) is 0 Å². The minimum absolute atomic E-state index is 1.05. The molecule has 0 saturated heterocycles. The van der Waals surface area contributed by atoms with Crippen molar-refractivity contribution in [2.45, 2.75) is 0 Å². The van der Waals surface area contributed by atoms with Gasteiger partial charge in [-0.3, -0.25) is 0 Å². The van der Waals surface area contributed by atoms with Gasteiger partial charge in [0.25, 0.3) is 0 Å². The molecule has 0 fully saturated rings. The summed E-state index contributed by atoms with van der Waals surface area (Å²) in [7, 11) is 0. The van der Waals surface area contributed by atoms with Gasteiger partial charge in [0, 0.05) is 21.5 Å². The topological polar surface area (TPSA) is 25.8 Å². The van der Waals surface area contributed by atoms with Crippen molar-refractivity contribution in [2.75, 3.05) is 0 Å². The SMILES string of the molecule is Ic1ccc(-c2cncnc2)cc1. The van der Waals surface area contributed by atoms with E-state index in [2.05, 4.69) is 56.8 Å².